The second-order valence-electron chi connectivity index (χ2n) is 8.59. The number of aryl methyl sites for hydroxylation is 1. The van der Waals surface area contributed by atoms with E-state index < -0.39 is 17.8 Å². The molecule has 1 N–H and O–H groups in total. The van der Waals surface area contributed by atoms with Crippen molar-refractivity contribution in [2.24, 2.45) is 0 Å². The summed E-state index contributed by atoms with van der Waals surface area (Å²) in [6, 6.07) is 18.4. The highest BCUT2D eigenvalue weighted by molar-refractivity contribution is 9.10. The molecule has 3 aromatic carbocycles. The lowest BCUT2D eigenvalue weighted by atomic mass is 10.0. The van der Waals surface area contributed by atoms with Crippen molar-refractivity contribution in [2.45, 2.75) is 20.4 Å². The summed E-state index contributed by atoms with van der Waals surface area (Å²) in [4.78, 5) is 39.8. The van der Waals surface area contributed by atoms with Crippen LogP contribution >= 0.6 is 15.9 Å². The summed E-state index contributed by atoms with van der Waals surface area (Å²) in [6.07, 6.45) is 1.51. The van der Waals surface area contributed by atoms with Crippen LogP contribution < -0.4 is 10.2 Å². The van der Waals surface area contributed by atoms with E-state index in [4.69, 9.17) is 0 Å². The van der Waals surface area contributed by atoms with Crippen LogP contribution in [0.5, 0.6) is 0 Å². The van der Waals surface area contributed by atoms with Crippen LogP contribution in [0.25, 0.3) is 17.0 Å². The Bertz CT molecular complexity index is 1610. The molecule has 1 aromatic heterocycles. The summed E-state index contributed by atoms with van der Waals surface area (Å²) in [5.74, 6) is -1.79. The monoisotopic (exact) mass is 545 g/mol. The fraction of sp³-hybridized carbons (Fsp3) is 0.107. The number of para-hydroxylation sites is 1. The summed E-state index contributed by atoms with van der Waals surface area (Å²) in [5, 5.41) is 3.08. The SMILES string of the molecule is Cc1cc(N2C(=O)NC(=O)/C(=C\c3c(C)n(Cc4ccccc4F)c4ccccc34)C2=O)ccc1Br. The number of amides is 4. The largest absolute Gasteiger partial charge is 0.340 e. The fourth-order valence-corrected chi connectivity index (χ4v) is 4.69. The number of fused-ring (bicyclic) bond motifs is 1. The number of hydrogen-bond donors (Lipinski definition) is 1. The Kier molecular flexibility index (Phi) is 6.05. The Hall–Kier alpha value is -4.04. The van der Waals surface area contributed by atoms with Crippen LogP contribution in [0.15, 0.2) is 76.8 Å². The highest BCUT2D eigenvalue weighted by Crippen LogP contribution is 2.31. The lowest BCUT2D eigenvalue weighted by molar-refractivity contribution is -0.122. The standard InChI is InChI=1S/C28H21BrFN3O3/c1-16-13-19(11-12-23(16)29)33-27(35)22(26(34)31-28(33)36)14-21-17(2)32(25-10-6-4-8-20(21)25)15-18-7-3-5-9-24(18)30/h3-14H,15H2,1-2H3,(H,31,34,36)/b22-14+. The van der Waals surface area contributed by atoms with Crippen LogP contribution in [0.2, 0.25) is 0 Å². The summed E-state index contributed by atoms with van der Waals surface area (Å²) in [5.41, 5.74) is 3.81. The van der Waals surface area contributed by atoms with Gasteiger partial charge in [-0.2, -0.15) is 0 Å². The number of aromatic nitrogens is 1. The highest BCUT2D eigenvalue weighted by atomic mass is 79.9. The quantitative estimate of drug-likeness (QED) is 0.257. The van der Waals surface area contributed by atoms with Crippen molar-refractivity contribution in [2.75, 3.05) is 4.90 Å². The van der Waals surface area contributed by atoms with E-state index >= 15 is 0 Å². The average Bonchev–Trinajstić information content (AvgIpc) is 3.11. The molecule has 1 aliphatic rings. The third-order valence-corrected chi connectivity index (χ3v) is 7.25. The number of halogens is 2. The zero-order chi connectivity index (χ0) is 25.6. The van der Waals surface area contributed by atoms with Crippen LogP contribution in [-0.4, -0.2) is 22.4 Å². The fourth-order valence-electron chi connectivity index (χ4n) is 4.44. The lowest BCUT2D eigenvalue weighted by Crippen LogP contribution is -2.54. The number of urea groups is 1. The molecular weight excluding hydrogens is 525 g/mol. The van der Waals surface area contributed by atoms with Crippen molar-refractivity contribution in [3.05, 3.63) is 105 Å². The molecule has 4 aromatic rings. The van der Waals surface area contributed by atoms with Gasteiger partial charge in [0.25, 0.3) is 11.8 Å². The number of hydrogen-bond acceptors (Lipinski definition) is 3. The zero-order valence-corrected chi connectivity index (χ0v) is 21.1. The average molecular weight is 546 g/mol. The Balaban J connectivity index is 1.62. The third-order valence-electron chi connectivity index (χ3n) is 6.36. The van der Waals surface area contributed by atoms with Crippen LogP contribution in [0, 0.1) is 19.7 Å². The van der Waals surface area contributed by atoms with Gasteiger partial charge in [0, 0.05) is 32.2 Å². The van der Waals surface area contributed by atoms with Crippen molar-refractivity contribution in [3.63, 3.8) is 0 Å². The number of anilines is 1. The maximum Gasteiger partial charge on any atom is 0.335 e. The van der Waals surface area contributed by atoms with Crippen molar-refractivity contribution in [3.8, 4) is 0 Å². The van der Waals surface area contributed by atoms with Gasteiger partial charge in [-0.3, -0.25) is 14.9 Å². The summed E-state index contributed by atoms with van der Waals surface area (Å²) >= 11 is 3.42. The first-order valence-corrected chi connectivity index (χ1v) is 12.0. The van der Waals surface area contributed by atoms with Gasteiger partial charge in [0.15, 0.2) is 0 Å². The molecule has 0 spiro atoms. The maximum absolute atomic E-state index is 14.4. The van der Waals surface area contributed by atoms with Crippen molar-refractivity contribution in [1.29, 1.82) is 0 Å². The number of benzene rings is 3. The van der Waals surface area contributed by atoms with Crippen LogP contribution in [-0.2, 0) is 16.1 Å². The molecule has 0 unspecified atom stereocenters. The third kappa shape index (κ3) is 4.03. The molecule has 1 aliphatic heterocycles. The van der Waals surface area contributed by atoms with Crippen LogP contribution in [0.4, 0.5) is 14.9 Å². The first kappa shape index (κ1) is 23.7. The van der Waals surface area contributed by atoms with Crippen molar-refractivity contribution in [1.82, 2.24) is 9.88 Å². The molecule has 5 rings (SSSR count). The number of carbonyl (C=O) groups is 3. The van der Waals surface area contributed by atoms with Gasteiger partial charge in [-0.1, -0.05) is 52.3 Å². The van der Waals surface area contributed by atoms with Gasteiger partial charge in [-0.15, -0.1) is 0 Å². The van der Waals surface area contributed by atoms with Crippen molar-refractivity contribution < 1.29 is 18.8 Å². The van der Waals surface area contributed by atoms with Gasteiger partial charge in [0.2, 0.25) is 0 Å². The smallest absolute Gasteiger partial charge is 0.335 e. The Morgan fingerprint density at radius 2 is 1.69 bits per heavy atom. The lowest BCUT2D eigenvalue weighted by Gasteiger charge is -2.26. The molecule has 8 heteroatoms. The Morgan fingerprint density at radius 3 is 2.44 bits per heavy atom. The zero-order valence-electron chi connectivity index (χ0n) is 19.5. The van der Waals surface area contributed by atoms with E-state index in [1.807, 2.05) is 42.7 Å². The number of nitrogens with zero attached hydrogens (tertiary/aromatic N) is 2. The molecule has 0 radical (unpaired) electrons. The minimum Gasteiger partial charge on any atom is -0.340 e. The van der Waals surface area contributed by atoms with E-state index in [9.17, 15) is 18.8 Å². The minimum atomic E-state index is -0.803. The number of imide groups is 2. The van der Waals surface area contributed by atoms with Crippen LogP contribution in [0.1, 0.15) is 22.4 Å². The molecule has 180 valence electrons. The number of nitrogens with one attached hydrogen (secondary N) is 1. The van der Waals surface area contributed by atoms with Crippen molar-refractivity contribution >= 4 is 56.4 Å². The summed E-state index contributed by atoms with van der Waals surface area (Å²) in [6.45, 7) is 3.99. The molecule has 0 saturated carbocycles. The van der Waals surface area contributed by atoms with E-state index in [1.54, 1.807) is 36.4 Å². The molecule has 0 atom stereocenters. The molecule has 1 saturated heterocycles. The van der Waals surface area contributed by atoms with E-state index in [-0.39, 0.29) is 17.9 Å². The molecular formula is C28H21BrFN3O3. The van der Waals surface area contributed by atoms with Gasteiger partial charge in [0.05, 0.1) is 12.2 Å². The van der Waals surface area contributed by atoms with Crippen LogP contribution in [0.3, 0.4) is 0 Å². The second kappa shape index (κ2) is 9.20. The predicted octanol–water partition coefficient (Wildman–Crippen LogP) is 5.87. The second-order valence-corrected chi connectivity index (χ2v) is 9.44. The molecule has 36 heavy (non-hydrogen) atoms. The molecule has 0 aliphatic carbocycles. The number of rotatable bonds is 4. The predicted molar refractivity (Wildman–Crippen MR) is 140 cm³/mol. The van der Waals surface area contributed by atoms with Gasteiger partial charge in [-0.25, -0.2) is 14.1 Å². The molecule has 2 heterocycles. The maximum atomic E-state index is 14.4. The van der Waals surface area contributed by atoms with E-state index in [1.165, 1.54) is 12.1 Å². The first-order valence-electron chi connectivity index (χ1n) is 11.2. The van der Waals surface area contributed by atoms with Gasteiger partial charge in [0.1, 0.15) is 11.4 Å². The number of barbiturate groups is 1. The molecule has 4 amide bonds. The molecule has 0 bridgehead atoms. The normalized spacial score (nSPS) is 15.2. The number of carbonyl (C=O) groups excluding carboxylic acids is 3. The van der Waals surface area contributed by atoms with E-state index in [0.717, 1.165) is 31.5 Å². The van der Waals surface area contributed by atoms with Gasteiger partial charge >= 0.3 is 6.03 Å². The molecule has 6 nitrogen and oxygen atoms in total. The van der Waals surface area contributed by atoms with Gasteiger partial charge < -0.3 is 4.57 Å². The molecule has 1 fully saturated rings. The Morgan fingerprint density at radius 1 is 0.972 bits per heavy atom. The van der Waals surface area contributed by atoms with Gasteiger partial charge in [-0.05, 0) is 55.8 Å². The highest BCUT2D eigenvalue weighted by Gasteiger charge is 2.37. The van der Waals surface area contributed by atoms with E-state index in [2.05, 4.69) is 21.2 Å². The summed E-state index contributed by atoms with van der Waals surface area (Å²) in [7, 11) is 0. The van der Waals surface area contributed by atoms with E-state index in [0.29, 0.717) is 16.8 Å². The first-order chi connectivity index (χ1) is 17.3. The minimum absolute atomic E-state index is 0.160. The Labute approximate surface area is 215 Å². The summed E-state index contributed by atoms with van der Waals surface area (Å²) < 4.78 is 17.2. The topological polar surface area (TPSA) is 71.4 Å².